The van der Waals surface area contributed by atoms with E-state index in [1.807, 2.05) is 19.1 Å². The summed E-state index contributed by atoms with van der Waals surface area (Å²) in [6, 6.07) is 7.22. The summed E-state index contributed by atoms with van der Waals surface area (Å²) in [5.74, 6) is 5.88. The summed E-state index contributed by atoms with van der Waals surface area (Å²) in [6.07, 6.45) is 0. The fourth-order valence-corrected chi connectivity index (χ4v) is 2.61. The van der Waals surface area contributed by atoms with E-state index in [0.717, 1.165) is 11.3 Å². The third kappa shape index (κ3) is 3.63. The van der Waals surface area contributed by atoms with E-state index in [-0.39, 0.29) is 12.5 Å². The standard InChI is InChI=1S/C16H15NO3S/c1-11-10-13(5-6-14(11)20-2)17-16(19)15-12(4-3-8-18)7-9-21-15/h5-7,9-10,18H,8H2,1-2H3,(H,17,19). The van der Waals surface area contributed by atoms with Crippen LogP contribution in [0, 0.1) is 18.8 Å². The normalized spacial score (nSPS) is 9.67. The SMILES string of the molecule is COc1ccc(NC(=O)c2sccc2C#CCO)cc1C. The number of rotatable bonds is 3. The number of methoxy groups -OCH3 is 1. The minimum atomic E-state index is -0.228. The van der Waals surface area contributed by atoms with Crippen LogP contribution in [0.2, 0.25) is 0 Å². The summed E-state index contributed by atoms with van der Waals surface area (Å²) >= 11 is 1.32. The Hall–Kier alpha value is -2.29. The zero-order valence-electron chi connectivity index (χ0n) is 11.8. The number of aryl methyl sites for hydroxylation is 1. The van der Waals surface area contributed by atoms with Gasteiger partial charge in [-0.25, -0.2) is 0 Å². The van der Waals surface area contributed by atoms with Gasteiger partial charge in [0.05, 0.1) is 7.11 Å². The molecule has 0 aliphatic heterocycles. The number of hydrogen-bond acceptors (Lipinski definition) is 4. The summed E-state index contributed by atoms with van der Waals surface area (Å²) in [7, 11) is 1.61. The second kappa shape index (κ2) is 6.93. The Morgan fingerprint density at radius 1 is 1.43 bits per heavy atom. The molecule has 0 saturated heterocycles. The first-order valence-corrected chi connectivity index (χ1v) is 7.17. The highest BCUT2D eigenvalue weighted by atomic mass is 32.1. The van der Waals surface area contributed by atoms with Gasteiger partial charge in [-0.3, -0.25) is 4.79 Å². The molecule has 0 atom stereocenters. The van der Waals surface area contributed by atoms with Crippen LogP contribution in [-0.2, 0) is 0 Å². The van der Waals surface area contributed by atoms with Gasteiger partial charge in [-0.15, -0.1) is 11.3 Å². The first-order valence-electron chi connectivity index (χ1n) is 6.29. The summed E-state index contributed by atoms with van der Waals surface area (Å²) in [5.41, 5.74) is 2.27. The molecule has 0 aliphatic carbocycles. The lowest BCUT2D eigenvalue weighted by molar-refractivity contribution is 0.103. The van der Waals surface area contributed by atoms with Gasteiger partial charge >= 0.3 is 0 Å². The van der Waals surface area contributed by atoms with Gasteiger partial charge in [0.25, 0.3) is 5.91 Å². The molecule has 4 nitrogen and oxygen atoms in total. The van der Waals surface area contributed by atoms with Crippen molar-refractivity contribution in [2.45, 2.75) is 6.92 Å². The molecule has 108 valence electrons. The Morgan fingerprint density at radius 2 is 2.24 bits per heavy atom. The number of carbonyl (C=O) groups is 1. The van der Waals surface area contributed by atoms with Gasteiger partial charge in [0.15, 0.2) is 0 Å². The van der Waals surface area contributed by atoms with Crippen LogP contribution in [0.1, 0.15) is 20.8 Å². The first kappa shape index (κ1) is 15.1. The van der Waals surface area contributed by atoms with Crippen molar-refractivity contribution < 1.29 is 14.6 Å². The van der Waals surface area contributed by atoms with Crippen molar-refractivity contribution in [1.29, 1.82) is 0 Å². The largest absolute Gasteiger partial charge is 0.496 e. The molecule has 0 bridgehead atoms. The van der Waals surface area contributed by atoms with Crippen LogP contribution in [-0.4, -0.2) is 24.7 Å². The quantitative estimate of drug-likeness (QED) is 0.857. The van der Waals surface area contributed by atoms with Crippen molar-refractivity contribution in [2.75, 3.05) is 19.0 Å². The lowest BCUT2D eigenvalue weighted by Gasteiger charge is -2.08. The summed E-state index contributed by atoms with van der Waals surface area (Å²) in [4.78, 5) is 12.8. The van der Waals surface area contributed by atoms with E-state index >= 15 is 0 Å². The Morgan fingerprint density at radius 3 is 2.90 bits per heavy atom. The van der Waals surface area contributed by atoms with Gasteiger partial charge in [0.2, 0.25) is 0 Å². The maximum absolute atomic E-state index is 12.3. The maximum atomic E-state index is 12.3. The Balaban J connectivity index is 2.18. The molecule has 1 aromatic heterocycles. The van der Waals surface area contributed by atoms with Crippen LogP contribution in [0.4, 0.5) is 5.69 Å². The zero-order chi connectivity index (χ0) is 15.2. The number of benzene rings is 1. The smallest absolute Gasteiger partial charge is 0.267 e. The molecule has 1 aromatic carbocycles. The fourth-order valence-electron chi connectivity index (χ4n) is 1.86. The number of anilines is 1. The highest BCUT2D eigenvalue weighted by Crippen LogP contribution is 2.23. The van der Waals surface area contributed by atoms with E-state index in [1.54, 1.807) is 24.6 Å². The van der Waals surface area contributed by atoms with Crippen LogP contribution in [0.15, 0.2) is 29.6 Å². The van der Waals surface area contributed by atoms with Crippen LogP contribution < -0.4 is 10.1 Å². The highest BCUT2D eigenvalue weighted by Gasteiger charge is 2.12. The molecular formula is C16H15NO3S. The summed E-state index contributed by atoms with van der Waals surface area (Å²) < 4.78 is 5.19. The third-order valence-corrected chi connectivity index (χ3v) is 3.74. The van der Waals surface area contributed by atoms with Crippen molar-refractivity contribution in [3.8, 4) is 17.6 Å². The topological polar surface area (TPSA) is 58.6 Å². The monoisotopic (exact) mass is 301 g/mol. The number of nitrogens with one attached hydrogen (secondary N) is 1. The number of amides is 1. The average Bonchev–Trinajstić information content (AvgIpc) is 2.93. The molecule has 0 spiro atoms. The predicted molar refractivity (Wildman–Crippen MR) is 84.0 cm³/mol. The molecule has 2 N–H and O–H groups in total. The van der Waals surface area contributed by atoms with Gasteiger partial charge in [-0.2, -0.15) is 0 Å². The molecule has 1 heterocycles. The lowest BCUT2D eigenvalue weighted by atomic mass is 10.2. The number of aliphatic hydroxyl groups is 1. The van der Waals surface area contributed by atoms with E-state index in [1.165, 1.54) is 11.3 Å². The number of hydrogen-bond donors (Lipinski definition) is 2. The lowest BCUT2D eigenvalue weighted by Crippen LogP contribution is -2.11. The first-order chi connectivity index (χ1) is 10.2. The van der Waals surface area contributed by atoms with Crippen molar-refractivity contribution in [3.63, 3.8) is 0 Å². The molecule has 0 fully saturated rings. The number of aliphatic hydroxyl groups excluding tert-OH is 1. The molecule has 2 rings (SSSR count). The number of thiophene rings is 1. The number of ether oxygens (including phenoxy) is 1. The van der Waals surface area contributed by atoms with Gasteiger partial charge in [0, 0.05) is 11.3 Å². The fraction of sp³-hybridized carbons (Fsp3) is 0.188. The van der Waals surface area contributed by atoms with Crippen LogP contribution in [0.25, 0.3) is 0 Å². The van der Waals surface area contributed by atoms with Crippen LogP contribution >= 0.6 is 11.3 Å². The molecular weight excluding hydrogens is 286 g/mol. The Bertz CT molecular complexity index is 710. The summed E-state index contributed by atoms with van der Waals surface area (Å²) in [6.45, 7) is 1.69. The number of carbonyl (C=O) groups excluding carboxylic acids is 1. The molecule has 0 radical (unpaired) electrons. The predicted octanol–water partition coefficient (Wildman–Crippen LogP) is 2.66. The van der Waals surface area contributed by atoms with Gasteiger partial charge in [-0.1, -0.05) is 11.8 Å². The van der Waals surface area contributed by atoms with Crippen molar-refractivity contribution in [3.05, 3.63) is 45.6 Å². The summed E-state index contributed by atoms with van der Waals surface area (Å²) in [5, 5.41) is 13.4. The molecule has 0 aliphatic rings. The van der Waals surface area contributed by atoms with Gasteiger partial charge < -0.3 is 15.2 Å². The van der Waals surface area contributed by atoms with E-state index in [0.29, 0.717) is 16.1 Å². The van der Waals surface area contributed by atoms with Crippen molar-refractivity contribution >= 4 is 22.9 Å². The molecule has 5 heteroatoms. The van der Waals surface area contributed by atoms with Crippen molar-refractivity contribution in [2.24, 2.45) is 0 Å². The minimum Gasteiger partial charge on any atom is -0.496 e. The zero-order valence-corrected chi connectivity index (χ0v) is 12.6. The Labute approximate surface area is 127 Å². The molecule has 2 aromatic rings. The molecule has 0 unspecified atom stereocenters. The van der Waals surface area contributed by atoms with E-state index < -0.39 is 0 Å². The third-order valence-electron chi connectivity index (χ3n) is 2.83. The van der Waals surface area contributed by atoms with E-state index in [9.17, 15) is 4.79 Å². The van der Waals surface area contributed by atoms with Crippen LogP contribution in [0.5, 0.6) is 5.75 Å². The maximum Gasteiger partial charge on any atom is 0.267 e. The second-order valence-electron chi connectivity index (χ2n) is 4.26. The average molecular weight is 301 g/mol. The van der Waals surface area contributed by atoms with Crippen molar-refractivity contribution in [1.82, 2.24) is 0 Å². The molecule has 21 heavy (non-hydrogen) atoms. The highest BCUT2D eigenvalue weighted by molar-refractivity contribution is 7.12. The van der Waals surface area contributed by atoms with Gasteiger partial charge in [-0.05, 0) is 42.1 Å². The molecule has 0 saturated carbocycles. The van der Waals surface area contributed by atoms with Gasteiger partial charge in [0.1, 0.15) is 17.2 Å². The van der Waals surface area contributed by atoms with E-state index in [4.69, 9.17) is 9.84 Å². The molecule has 1 amide bonds. The Kier molecular flexibility index (Phi) is 4.99. The second-order valence-corrected chi connectivity index (χ2v) is 5.18. The van der Waals surface area contributed by atoms with E-state index in [2.05, 4.69) is 17.2 Å². The minimum absolute atomic E-state index is 0.211. The van der Waals surface area contributed by atoms with Crippen LogP contribution in [0.3, 0.4) is 0 Å².